The van der Waals surface area contributed by atoms with E-state index >= 15 is 0 Å². The molecule has 154 valence electrons. The van der Waals surface area contributed by atoms with Crippen LogP contribution in [0.5, 0.6) is 5.75 Å². The molecular weight excluding hydrogens is 495 g/mol. The molecule has 0 saturated carbocycles. The molecule has 0 unspecified atom stereocenters. The molecule has 1 heterocycles. The average Bonchev–Trinajstić information content (AvgIpc) is 3.13. The van der Waals surface area contributed by atoms with E-state index in [-0.39, 0.29) is 24.0 Å². The summed E-state index contributed by atoms with van der Waals surface area (Å²) in [4.78, 5) is 10.9. The van der Waals surface area contributed by atoms with Crippen LogP contribution in [0.15, 0.2) is 65.0 Å². The zero-order valence-corrected chi connectivity index (χ0v) is 20.1. The first-order valence-electron chi connectivity index (χ1n) is 9.27. The van der Waals surface area contributed by atoms with E-state index in [0.717, 1.165) is 40.1 Å². The van der Waals surface area contributed by atoms with Crippen LogP contribution in [0, 0.1) is 6.92 Å². The molecule has 0 atom stereocenters. The molecule has 0 aliphatic rings. The van der Waals surface area contributed by atoms with Crippen molar-refractivity contribution >= 4 is 41.3 Å². The lowest BCUT2D eigenvalue weighted by atomic mass is 10.1. The van der Waals surface area contributed by atoms with Crippen LogP contribution in [-0.2, 0) is 6.54 Å². The molecule has 29 heavy (non-hydrogen) atoms. The second kappa shape index (κ2) is 11.8. The lowest BCUT2D eigenvalue weighted by Crippen LogP contribution is -2.40. The van der Waals surface area contributed by atoms with Crippen molar-refractivity contribution in [2.45, 2.75) is 13.5 Å². The van der Waals surface area contributed by atoms with E-state index in [9.17, 15) is 0 Å². The Kier molecular flexibility index (Phi) is 9.40. The maximum Gasteiger partial charge on any atom is 0.193 e. The highest BCUT2D eigenvalue weighted by Crippen LogP contribution is 2.29. The minimum absolute atomic E-state index is 0. The van der Waals surface area contributed by atoms with Crippen molar-refractivity contribution in [3.05, 3.63) is 70.7 Å². The van der Waals surface area contributed by atoms with Crippen LogP contribution in [0.25, 0.3) is 11.1 Å². The third-order valence-electron chi connectivity index (χ3n) is 4.25. The first-order chi connectivity index (χ1) is 13.7. The molecular formula is C22H27IN4OS. The summed E-state index contributed by atoms with van der Waals surface area (Å²) in [6.45, 7) is 3.95. The van der Waals surface area contributed by atoms with Gasteiger partial charge in [0.15, 0.2) is 5.96 Å². The first kappa shape index (κ1) is 23.2. The Balaban J connectivity index is 0.00000300. The quantitative estimate of drug-likeness (QED) is 0.209. The molecule has 0 bridgehead atoms. The maximum absolute atomic E-state index is 6.04. The van der Waals surface area contributed by atoms with Gasteiger partial charge in [-0.1, -0.05) is 48.5 Å². The average molecular weight is 522 g/mol. The molecule has 1 aromatic heterocycles. The normalized spacial score (nSPS) is 10.9. The van der Waals surface area contributed by atoms with Gasteiger partial charge in [0.05, 0.1) is 23.8 Å². The summed E-state index contributed by atoms with van der Waals surface area (Å²) in [5.74, 6) is 1.71. The number of nitrogens with zero attached hydrogens (tertiary/aromatic N) is 3. The second-order valence-electron chi connectivity index (χ2n) is 6.40. The number of guanidine groups is 1. The van der Waals surface area contributed by atoms with Crippen molar-refractivity contribution in [3.63, 3.8) is 0 Å². The smallest absolute Gasteiger partial charge is 0.193 e. The fraction of sp³-hybridized carbons (Fsp3) is 0.273. The molecule has 2 aromatic carbocycles. The Hall–Kier alpha value is -2.13. The van der Waals surface area contributed by atoms with Gasteiger partial charge in [-0.25, -0.2) is 4.98 Å². The summed E-state index contributed by atoms with van der Waals surface area (Å²) < 4.78 is 6.04. The van der Waals surface area contributed by atoms with Crippen LogP contribution in [0.1, 0.15) is 10.7 Å². The van der Waals surface area contributed by atoms with E-state index in [4.69, 9.17) is 4.74 Å². The minimum Gasteiger partial charge on any atom is -0.491 e. The summed E-state index contributed by atoms with van der Waals surface area (Å²) in [6.07, 6.45) is 0. The standard InChI is InChI=1S/C22H26N4OS.HI/c1-17-25-19(16-28-17)15-26(3)22(23-2)24-13-14-27-21-12-8-7-11-20(21)18-9-5-4-6-10-18;/h4-12,16H,13-15H2,1-3H3,(H,23,24);1H. The van der Waals surface area contributed by atoms with Gasteiger partial charge < -0.3 is 15.0 Å². The molecule has 0 spiro atoms. The van der Waals surface area contributed by atoms with Crippen molar-refractivity contribution < 1.29 is 4.74 Å². The summed E-state index contributed by atoms with van der Waals surface area (Å²) in [5.41, 5.74) is 3.31. The zero-order chi connectivity index (χ0) is 19.8. The number of hydrogen-bond acceptors (Lipinski definition) is 4. The molecule has 3 aromatic rings. The molecule has 0 saturated heterocycles. The Labute approximate surface area is 193 Å². The number of halogens is 1. The first-order valence-corrected chi connectivity index (χ1v) is 10.2. The molecule has 0 fully saturated rings. The second-order valence-corrected chi connectivity index (χ2v) is 7.46. The van der Waals surface area contributed by atoms with Gasteiger partial charge in [0.25, 0.3) is 0 Å². The molecule has 1 N–H and O–H groups in total. The topological polar surface area (TPSA) is 49.8 Å². The van der Waals surface area contributed by atoms with Gasteiger partial charge in [0.2, 0.25) is 0 Å². The number of aliphatic imine (C=N–C) groups is 1. The highest BCUT2D eigenvalue weighted by Gasteiger charge is 2.09. The number of para-hydroxylation sites is 1. The Morgan fingerprint density at radius 2 is 1.86 bits per heavy atom. The SMILES string of the molecule is CN=C(NCCOc1ccccc1-c1ccccc1)N(C)Cc1csc(C)n1.I. The number of nitrogens with one attached hydrogen (secondary N) is 1. The van der Waals surface area contributed by atoms with Gasteiger partial charge in [-0.05, 0) is 18.6 Å². The number of hydrogen-bond donors (Lipinski definition) is 1. The molecule has 0 aliphatic heterocycles. The summed E-state index contributed by atoms with van der Waals surface area (Å²) in [5, 5.41) is 6.52. The van der Waals surface area contributed by atoms with Crippen molar-refractivity contribution in [1.82, 2.24) is 15.2 Å². The number of benzene rings is 2. The van der Waals surface area contributed by atoms with Gasteiger partial charge in [0.1, 0.15) is 12.4 Å². The van der Waals surface area contributed by atoms with Crippen LogP contribution < -0.4 is 10.1 Å². The molecule has 3 rings (SSSR count). The highest BCUT2D eigenvalue weighted by atomic mass is 127. The van der Waals surface area contributed by atoms with E-state index < -0.39 is 0 Å². The zero-order valence-electron chi connectivity index (χ0n) is 17.0. The lowest BCUT2D eigenvalue weighted by molar-refractivity contribution is 0.320. The largest absolute Gasteiger partial charge is 0.491 e. The summed E-state index contributed by atoms with van der Waals surface area (Å²) >= 11 is 1.67. The van der Waals surface area contributed by atoms with Crippen molar-refractivity contribution in [2.24, 2.45) is 4.99 Å². The van der Waals surface area contributed by atoms with Gasteiger partial charge >= 0.3 is 0 Å². The van der Waals surface area contributed by atoms with Crippen LogP contribution in [-0.4, -0.2) is 43.1 Å². The van der Waals surface area contributed by atoms with Crippen molar-refractivity contribution in [3.8, 4) is 16.9 Å². The molecule has 5 nitrogen and oxygen atoms in total. The number of ether oxygens (including phenoxy) is 1. The molecule has 0 amide bonds. The molecule has 0 aliphatic carbocycles. The van der Waals surface area contributed by atoms with Crippen molar-refractivity contribution in [1.29, 1.82) is 0 Å². The predicted octanol–water partition coefficient (Wildman–Crippen LogP) is 4.82. The van der Waals surface area contributed by atoms with E-state index in [1.165, 1.54) is 0 Å². The fourth-order valence-corrected chi connectivity index (χ4v) is 3.56. The Morgan fingerprint density at radius 1 is 1.14 bits per heavy atom. The Bertz CT molecular complexity index is 914. The van der Waals surface area contributed by atoms with Crippen LogP contribution in [0.2, 0.25) is 0 Å². The number of rotatable bonds is 7. The number of aromatic nitrogens is 1. The van der Waals surface area contributed by atoms with E-state index in [1.807, 2.05) is 50.4 Å². The number of thiazole rings is 1. The van der Waals surface area contributed by atoms with Crippen LogP contribution >= 0.6 is 35.3 Å². The third kappa shape index (κ3) is 6.71. The van der Waals surface area contributed by atoms with Gasteiger partial charge in [0, 0.05) is 25.0 Å². The van der Waals surface area contributed by atoms with E-state index in [0.29, 0.717) is 13.2 Å². The van der Waals surface area contributed by atoms with E-state index in [1.54, 1.807) is 18.4 Å². The van der Waals surface area contributed by atoms with Crippen molar-refractivity contribution in [2.75, 3.05) is 27.2 Å². The van der Waals surface area contributed by atoms with Crippen LogP contribution in [0.4, 0.5) is 0 Å². The molecule has 0 radical (unpaired) electrons. The molecule has 7 heteroatoms. The Morgan fingerprint density at radius 3 is 2.55 bits per heavy atom. The van der Waals surface area contributed by atoms with Gasteiger partial charge in [-0.2, -0.15) is 0 Å². The third-order valence-corrected chi connectivity index (χ3v) is 5.08. The van der Waals surface area contributed by atoms with Gasteiger partial charge in [-0.15, -0.1) is 35.3 Å². The lowest BCUT2D eigenvalue weighted by Gasteiger charge is -2.21. The number of aryl methyl sites for hydroxylation is 1. The van der Waals surface area contributed by atoms with Gasteiger partial charge in [-0.3, -0.25) is 4.99 Å². The maximum atomic E-state index is 6.04. The highest BCUT2D eigenvalue weighted by molar-refractivity contribution is 14.0. The predicted molar refractivity (Wildman–Crippen MR) is 132 cm³/mol. The fourth-order valence-electron chi connectivity index (χ4n) is 2.96. The summed E-state index contributed by atoms with van der Waals surface area (Å²) in [7, 11) is 3.80. The monoisotopic (exact) mass is 522 g/mol. The minimum atomic E-state index is 0. The summed E-state index contributed by atoms with van der Waals surface area (Å²) in [6, 6.07) is 18.4. The van der Waals surface area contributed by atoms with Crippen LogP contribution in [0.3, 0.4) is 0 Å². The van der Waals surface area contributed by atoms with E-state index in [2.05, 4.69) is 43.8 Å².